The monoisotopic (exact) mass is 437 g/mol. The number of hydrogen-bond donors (Lipinski definition) is 0. The van der Waals surface area contributed by atoms with E-state index in [0.717, 1.165) is 5.56 Å². The van der Waals surface area contributed by atoms with Gasteiger partial charge < -0.3 is 4.74 Å². The van der Waals surface area contributed by atoms with E-state index in [0.29, 0.717) is 5.56 Å². The molecule has 156 valence electrons. The Balaban J connectivity index is 2.25. The Kier molecular flexibility index (Phi) is 7.57. The van der Waals surface area contributed by atoms with Gasteiger partial charge in [0.05, 0.1) is 10.6 Å². The van der Waals surface area contributed by atoms with E-state index in [1.165, 1.54) is 29.4 Å². The molecule has 0 bridgehead atoms. The van der Waals surface area contributed by atoms with Crippen LogP contribution in [0.5, 0.6) is 0 Å². The van der Waals surface area contributed by atoms with Gasteiger partial charge in [-0.15, -0.1) is 0 Å². The molecule has 2 aromatic carbocycles. The second-order valence-corrected chi connectivity index (χ2v) is 8.83. The Morgan fingerprint density at radius 2 is 1.59 bits per heavy atom. The summed E-state index contributed by atoms with van der Waals surface area (Å²) in [4.78, 5) is 24.8. The van der Waals surface area contributed by atoms with Crippen molar-refractivity contribution in [2.75, 3.05) is 13.1 Å². The van der Waals surface area contributed by atoms with Crippen LogP contribution in [0.2, 0.25) is 5.02 Å². The first-order valence-electron chi connectivity index (χ1n) is 9.23. The predicted molar refractivity (Wildman–Crippen MR) is 112 cm³/mol. The molecule has 8 heteroatoms. The third-order valence-electron chi connectivity index (χ3n) is 4.48. The molecule has 29 heavy (non-hydrogen) atoms. The van der Waals surface area contributed by atoms with E-state index in [9.17, 15) is 18.0 Å². The van der Waals surface area contributed by atoms with Crippen LogP contribution in [0.4, 0.5) is 0 Å². The fraction of sp³-hybridized carbons (Fsp3) is 0.333. The number of halogens is 1. The highest BCUT2D eigenvalue weighted by molar-refractivity contribution is 7.89. The molecule has 0 amide bonds. The van der Waals surface area contributed by atoms with E-state index in [1.54, 1.807) is 38.1 Å². The minimum absolute atomic E-state index is 0.00341. The first-order chi connectivity index (χ1) is 13.6. The van der Waals surface area contributed by atoms with E-state index < -0.39 is 22.1 Å². The molecular weight excluding hydrogens is 414 g/mol. The summed E-state index contributed by atoms with van der Waals surface area (Å²) >= 11 is 6.08. The van der Waals surface area contributed by atoms with Crippen LogP contribution in [0.15, 0.2) is 47.4 Å². The lowest BCUT2D eigenvalue weighted by atomic mass is 10.1. The van der Waals surface area contributed by atoms with Crippen molar-refractivity contribution in [3.05, 3.63) is 64.2 Å². The average Bonchev–Trinajstić information content (AvgIpc) is 2.68. The number of rotatable bonds is 8. The molecular formula is C21H24ClNO5S. The molecule has 6 nitrogen and oxygen atoms in total. The summed E-state index contributed by atoms with van der Waals surface area (Å²) < 4.78 is 32.0. The number of aryl methyl sites for hydroxylation is 1. The Bertz CT molecular complexity index is 998. The number of esters is 1. The zero-order valence-corrected chi connectivity index (χ0v) is 18.4. The summed E-state index contributed by atoms with van der Waals surface area (Å²) in [5.41, 5.74) is 1.44. The molecule has 2 aromatic rings. The summed E-state index contributed by atoms with van der Waals surface area (Å²) in [7, 11) is -3.85. The van der Waals surface area contributed by atoms with Crippen LogP contribution >= 0.6 is 11.6 Å². The minimum Gasteiger partial charge on any atom is -0.451 e. The van der Waals surface area contributed by atoms with Crippen LogP contribution in [0, 0.1) is 6.92 Å². The van der Waals surface area contributed by atoms with E-state index in [-0.39, 0.29) is 34.4 Å². The van der Waals surface area contributed by atoms with Gasteiger partial charge in [0.2, 0.25) is 15.8 Å². The maximum Gasteiger partial charge on any atom is 0.338 e. The van der Waals surface area contributed by atoms with Crippen molar-refractivity contribution in [3.8, 4) is 0 Å². The number of benzene rings is 2. The van der Waals surface area contributed by atoms with Crippen molar-refractivity contribution in [2.24, 2.45) is 0 Å². The standard InChI is InChI=1S/C21H24ClNO5S/c1-5-23(6-2)29(26,27)19-13-17(11-12-18(19)22)21(25)28-15(4)20(24)16-9-7-14(3)8-10-16/h7-13,15H,5-6H2,1-4H3/t15-/m0/s1. The molecule has 0 spiro atoms. The third kappa shape index (κ3) is 5.23. The first kappa shape index (κ1) is 23.1. The molecule has 2 rings (SSSR count). The van der Waals surface area contributed by atoms with Crippen molar-refractivity contribution in [1.82, 2.24) is 4.31 Å². The van der Waals surface area contributed by atoms with Gasteiger partial charge in [-0.25, -0.2) is 13.2 Å². The second-order valence-electron chi connectivity index (χ2n) is 6.51. The smallest absolute Gasteiger partial charge is 0.338 e. The summed E-state index contributed by atoms with van der Waals surface area (Å²) in [6, 6.07) is 10.8. The maximum atomic E-state index is 12.8. The number of carbonyl (C=O) groups excluding carboxylic acids is 2. The third-order valence-corrected chi connectivity index (χ3v) is 7.01. The predicted octanol–water partition coefficient (Wildman–Crippen LogP) is 4.11. The van der Waals surface area contributed by atoms with Gasteiger partial charge in [0.1, 0.15) is 4.90 Å². The summed E-state index contributed by atoms with van der Waals surface area (Å²) in [5, 5.41) is 0.0113. The van der Waals surface area contributed by atoms with Crippen molar-refractivity contribution in [3.63, 3.8) is 0 Å². The summed E-state index contributed by atoms with van der Waals surface area (Å²) in [5.74, 6) is -1.14. The number of nitrogens with zero attached hydrogens (tertiary/aromatic N) is 1. The van der Waals surface area contributed by atoms with Crippen LogP contribution in [0.25, 0.3) is 0 Å². The van der Waals surface area contributed by atoms with Crippen molar-refractivity contribution in [1.29, 1.82) is 0 Å². The van der Waals surface area contributed by atoms with E-state index >= 15 is 0 Å². The van der Waals surface area contributed by atoms with Gasteiger partial charge in [0.25, 0.3) is 0 Å². The van der Waals surface area contributed by atoms with E-state index in [2.05, 4.69) is 0 Å². The van der Waals surface area contributed by atoms with Crippen molar-refractivity contribution >= 4 is 33.4 Å². The van der Waals surface area contributed by atoms with Crippen molar-refractivity contribution < 1.29 is 22.7 Å². The Hall–Kier alpha value is -2.22. The van der Waals surface area contributed by atoms with Gasteiger partial charge in [-0.05, 0) is 32.0 Å². The number of ketones is 1. The van der Waals surface area contributed by atoms with Crippen molar-refractivity contribution in [2.45, 2.75) is 38.7 Å². The maximum absolute atomic E-state index is 12.8. The van der Waals surface area contributed by atoms with Crippen LogP contribution in [-0.4, -0.2) is 43.7 Å². The topological polar surface area (TPSA) is 80.8 Å². The number of carbonyl (C=O) groups is 2. The minimum atomic E-state index is -3.85. The zero-order chi connectivity index (χ0) is 21.8. The largest absolute Gasteiger partial charge is 0.451 e. The lowest BCUT2D eigenvalue weighted by Crippen LogP contribution is -2.31. The Labute approximate surface area is 176 Å². The fourth-order valence-electron chi connectivity index (χ4n) is 2.77. The molecule has 0 aliphatic heterocycles. The normalized spacial score (nSPS) is 12.6. The number of hydrogen-bond acceptors (Lipinski definition) is 5. The summed E-state index contributed by atoms with van der Waals surface area (Å²) in [6.07, 6.45) is -1.02. The molecule has 0 N–H and O–H groups in total. The van der Waals surface area contributed by atoms with Gasteiger partial charge >= 0.3 is 5.97 Å². The molecule has 0 saturated heterocycles. The van der Waals surface area contributed by atoms with Crippen LogP contribution < -0.4 is 0 Å². The molecule has 1 atom stereocenters. The quantitative estimate of drug-likeness (QED) is 0.458. The van der Waals surface area contributed by atoms with Gasteiger partial charge in [-0.1, -0.05) is 55.3 Å². The summed E-state index contributed by atoms with van der Waals surface area (Å²) in [6.45, 7) is 7.35. The highest BCUT2D eigenvalue weighted by Crippen LogP contribution is 2.26. The molecule has 0 aliphatic rings. The fourth-order valence-corrected chi connectivity index (χ4v) is 4.72. The van der Waals surface area contributed by atoms with Gasteiger partial charge in [-0.3, -0.25) is 4.79 Å². The second kappa shape index (κ2) is 9.52. The van der Waals surface area contributed by atoms with Crippen LogP contribution in [-0.2, 0) is 14.8 Å². The lowest BCUT2D eigenvalue weighted by molar-refractivity contribution is 0.0318. The van der Waals surface area contributed by atoms with E-state index in [1.807, 2.05) is 6.92 Å². The van der Waals surface area contributed by atoms with Gasteiger partial charge in [-0.2, -0.15) is 4.31 Å². The highest BCUT2D eigenvalue weighted by atomic mass is 35.5. The molecule has 0 aliphatic carbocycles. The lowest BCUT2D eigenvalue weighted by Gasteiger charge is -2.19. The molecule has 0 heterocycles. The Morgan fingerprint density at radius 3 is 2.14 bits per heavy atom. The number of ether oxygens (including phenoxy) is 1. The van der Waals surface area contributed by atoms with Gasteiger partial charge in [0, 0.05) is 18.7 Å². The number of Topliss-reactive ketones (excluding diaryl/α,β-unsaturated/α-hetero) is 1. The van der Waals surface area contributed by atoms with Crippen LogP contribution in [0.1, 0.15) is 47.1 Å². The average molecular weight is 438 g/mol. The molecule has 0 saturated carbocycles. The highest BCUT2D eigenvalue weighted by Gasteiger charge is 2.27. The van der Waals surface area contributed by atoms with E-state index in [4.69, 9.17) is 16.3 Å². The SMILES string of the molecule is CCN(CC)S(=O)(=O)c1cc(C(=O)O[C@@H](C)C(=O)c2ccc(C)cc2)ccc1Cl. The first-order valence-corrected chi connectivity index (χ1v) is 11.0. The van der Waals surface area contributed by atoms with Gasteiger partial charge in [0.15, 0.2) is 6.10 Å². The molecule has 0 fully saturated rings. The zero-order valence-electron chi connectivity index (χ0n) is 16.8. The molecule has 0 aromatic heterocycles. The number of sulfonamides is 1. The van der Waals surface area contributed by atoms with Crippen LogP contribution in [0.3, 0.4) is 0 Å². The Morgan fingerprint density at radius 1 is 1.03 bits per heavy atom. The molecule has 0 unspecified atom stereocenters. The molecule has 0 radical (unpaired) electrons.